The molecule has 1 saturated carbocycles. The molecule has 4 rings (SSSR count). The lowest BCUT2D eigenvalue weighted by Crippen LogP contribution is -2.44. The Morgan fingerprint density at radius 3 is 2.88 bits per heavy atom. The van der Waals surface area contributed by atoms with Gasteiger partial charge in [0.15, 0.2) is 5.82 Å². The molecule has 3 aromatic heterocycles. The summed E-state index contributed by atoms with van der Waals surface area (Å²) < 4.78 is 10.5. The van der Waals surface area contributed by atoms with Crippen molar-refractivity contribution < 1.29 is 9.05 Å². The number of nitrogens with two attached hydrogens (primary N) is 1. The van der Waals surface area contributed by atoms with Crippen LogP contribution in [0, 0.1) is 6.92 Å². The molecule has 0 radical (unpaired) electrons. The third-order valence-corrected chi connectivity index (χ3v) is 5.19. The first-order valence-electron chi connectivity index (χ1n) is 7.77. The van der Waals surface area contributed by atoms with Crippen LogP contribution in [0.2, 0.25) is 0 Å². The Labute approximate surface area is 143 Å². The molecule has 124 valence electrons. The zero-order valence-electron chi connectivity index (χ0n) is 13.2. The van der Waals surface area contributed by atoms with E-state index in [2.05, 4.69) is 20.3 Å². The molecule has 0 unspecified atom stereocenters. The summed E-state index contributed by atoms with van der Waals surface area (Å²) in [6.45, 7) is 1.87. The van der Waals surface area contributed by atoms with Gasteiger partial charge in [-0.1, -0.05) is 22.1 Å². The van der Waals surface area contributed by atoms with E-state index in [4.69, 9.17) is 14.8 Å². The van der Waals surface area contributed by atoms with Crippen LogP contribution in [0.25, 0.3) is 11.5 Å². The molecule has 0 bridgehead atoms. The normalized spacial score (nSPS) is 16.1. The van der Waals surface area contributed by atoms with Crippen LogP contribution in [0.3, 0.4) is 0 Å². The average molecular weight is 343 g/mol. The minimum atomic E-state index is -0.435. The van der Waals surface area contributed by atoms with Gasteiger partial charge in [0.2, 0.25) is 0 Å². The second-order valence-electron chi connectivity index (χ2n) is 6.01. The van der Waals surface area contributed by atoms with Gasteiger partial charge in [-0.25, -0.2) is 4.98 Å². The smallest absolute Gasteiger partial charge is 0.260 e. The standard InChI is InChI=1S/C16H17N5O2S/c1-10-8-11(20-22-10)9-24-14-12(4-2-7-18-14)13-19-15(21-23-13)16(17)5-3-6-16/h2,4,7-8H,3,5-6,9,17H2,1H3. The minimum Gasteiger partial charge on any atom is -0.361 e. The Kier molecular flexibility index (Phi) is 3.85. The minimum absolute atomic E-state index is 0.435. The van der Waals surface area contributed by atoms with E-state index in [9.17, 15) is 0 Å². The summed E-state index contributed by atoms with van der Waals surface area (Å²) in [5.41, 5.74) is 7.51. The van der Waals surface area contributed by atoms with Crippen molar-refractivity contribution in [1.29, 1.82) is 0 Å². The fraction of sp³-hybridized carbons (Fsp3) is 0.375. The van der Waals surface area contributed by atoms with Crippen molar-refractivity contribution in [1.82, 2.24) is 20.3 Å². The lowest BCUT2D eigenvalue weighted by atomic mass is 9.77. The molecule has 1 aliphatic carbocycles. The number of aromatic nitrogens is 4. The van der Waals surface area contributed by atoms with Gasteiger partial charge in [0.1, 0.15) is 10.8 Å². The van der Waals surface area contributed by atoms with E-state index in [-0.39, 0.29) is 0 Å². The van der Waals surface area contributed by atoms with E-state index in [1.54, 1.807) is 18.0 Å². The number of hydrogen-bond donors (Lipinski definition) is 1. The zero-order chi connectivity index (χ0) is 16.6. The highest BCUT2D eigenvalue weighted by Gasteiger charge is 2.39. The Morgan fingerprint density at radius 2 is 2.17 bits per heavy atom. The molecular weight excluding hydrogens is 326 g/mol. The van der Waals surface area contributed by atoms with E-state index in [0.717, 1.165) is 41.3 Å². The third kappa shape index (κ3) is 2.83. The molecule has 0 saturated heterocycles. The fourth-order valence-corrected chi connectivity index (χ4v) is 3.48. The van der Waals surface area contributed by atoms with Crippen LogP contribution in [-0.4, -0.2) is 20.3 Å². The molecule has 0 spiro atoms. The zero-order valence-corrected chi connectivity index (χ0v) is 14.0. The molecule has 1 fully saturated rings. The average Bonchev–Trinajstić information content (AvgIpc) is 3.20. The van der Waals surface area contributed by atoms with Gasteiger partial charge in [-0.3, -0.25) is 0 Å². The highest BCUT2D eigenvalue weighted by atomic mass is 32.2. The summed E-state index contributed by atoms with van der Waals surface area (Å²) >= 11 is 1.55. The van der Waals surface area contributed by atoms with Crippen molar-refractivity contribution in [3.05, 3.63) is 41.7 Å². The summed E-state index contributed by atoms with van der Waals surface area (Å²) in [6.07, 6.45) is 4.64. The van der Waals surface area contributed by atoms with E-state index >= 15 is 0 Å². The molecule has 0 aromatic carbocycles. The summed E-state index contributed by atoms with van der Waals surface area (Å²) in [7, 11) is 0. The predicted molar refractivity (Wildman–Crippen MR) is 88.0 cm³/mol. The fourth-order valence-electron chi connectivity index (χ4n) is 2.61. The Morgan fingerprint density at radius 1 is 1.29 bits per heavy atom. The van der Waals surface area contributed by atoms with Crippen molar-refractivity contribution in [2.75, 3.05) is 0 Å². The van der Waals surface area contributed by atoms with Gasteiger partial charge in [-0.05, 0) is 38.3 Å². The molecule has 8 heteroatoms. The monoisotopic (exact) mass is 343 g/mol. The van der Waals surface area contributed by atoms with Crippen molar-refractivity contribution in [2.24, 2.45) is 5.73 Å². The summed E-state index contributed by atoms with van der Waals surface area (Å²) in [5, 5.41) is 8.88. The van der Waals surface area contributed by atoms with Gasteiger partial charge in [0.05, 0.1) is 16.8 Å². The summed E-state index contributed by atoms with van der Waals surface area (Å²) in [6, 6.07) is 5.69. The SMILES string of the molecule is Cc1cc(CSc2ncccc2-c2nc(C3(N)CCC3)no2)no1. The van der Waals surface area contributed by atoms with Crippen LogP contribution >= 0.6 is 11.8 Å². The predicted octanol–water partition coefficient (Wildman–Crippen LogP) is 3.06. The number of hydrogen-bond acceptors (Lipinski definition) is 8. The van der Waals surface area contributed by atoms with Crippen molar-refractivity contribution in [3.63, 3.8) is 0 Å². The maximum atomic E-state index is 6.27. The van der Waals surface area contributed by atoms with Crippen LogP contribution in [0.5, 0.6) is 0 Å². The van der Waals surface area contributed by atoms with Gasteiger partial charge in [-0.15, -0.1) is 0 Å². The van der Waals surface area contributed by atoms with E-state index in [1.807, 2.05) is 25.1 Å². The number of rotatable bonds is 5. The highest BCUT2D eigenvalue weighted by molar-refractivity contribution is 7.98. The molecule has 3 aromatic rings. The largest absolute Gasteiger partial charge is 0.361 e. The molecule has 24 heavy (non-hydrogen) atoms. The number of aryl methyl sites for hydroxylation is 1. The topological polar surface area (TPSA) is 104 Å². The van der Waals surface area contributed by atoms with E-state index in [0.29, 0.717) is 17.5 Å². The Balaban J connectivity index is 1.57. The molecule has 7 nitrogen and oxygen atoms in total. The second-order valence-corrected chi connectivity index (χ2v) is 6.97. The number of pyridine rings is 1. The maximum Gasteiger partial charge on any atom is 0.260 e. The molecule has 2 N–H and O–H groups in total. The lowest BCUT2D eigenvalue weighted by molar-refractivity contribution is 0.229. The van der Waals surface area contributed by atoms with Gasteiger partial charge in [-0.2, -0.15) is 4.98 Å². The quantitative estimate of drug-likeness (QED) is 0.705. The van der Waals surface area contributed by atoms with Crippen LogP contribution < -0.4 is 5.73 Å². The van der Waals surface area contributed by atoms with Crippen molar-refractivity contribution in [3.8, 4) is 11.5 Å². The van der Waals surface area contributed by atoms with Gasteiger partial charge >= 0.3 is 0 Å². The van der Waals surface area contributed by atoms with Crippen LogP contribution in [-0.2, 0) is 11.3 Å². The van der Waals surface area contributed by atoms with Crippen molar-refractivity contribution >= 4 is 11.8 Å². The van der Waals surface area contributed by atoms with Gasteiger partial charge < -0.3 is 14.8 Å². The van der Waals surface area contributed by atoms with Crippen molar-refractivity contribution in [2.45, 2.75) is 42.5 Å². The third-order valence-electron chi connectivity index (χ3n) is 4.15. The van der Waals surface area contributed by atoms with Crippen LogP contribution in [0.1, 0.15) is 36.5 Å². The molecular formula is C16H17N5O2S. The van der Waals surface area contributed by atoms with Gasteiger partial charge in [0.25, 0.3) is 5.89 Å². The maximum absolute atomic E-state index is 6.27. The lowest BCUT2D eigenvalue weighted by Gasteiger charge is -2.34. The molecule has 3 heterocycles. The van der Waals surface area contributed by atoms with Gasteiger partial charge in [0, 0.05) is 18.0 Å². The molecule has 0 aliphatic heterocycles. The molecule has 0 amide bonds. The Hall–Kier alpha value is -2.19. The van der Waals surface area contributed by atoms with Crippen LogP contribution in [0.15, 0.2) is 38.5 Å². The Bertz CT molecular complexity index is 856. The summed E-state index contributed by atoms with van der Waals surface area (Å²) in [5.74, 6) is 2.48. The highest BCUT2D eigenvalue weighted by Crippen LogP contribution is 2.38. The number of nitrogens with zero attached hydrogens (tertiary/aromatic N) is 4. The summed E-state index contributed by atoms with van der Waals surface area (Å²) in [4.78, 5) is 8.93. The first kappa shape index (κ1) is 15.3. The molecule has 1 aliphatic rings. The van der Waals surface area contributed by atoms with Crippen LogP contribution in [0.4, 0.5) is 0 Å². The first-order valence-corrected chi connectivity index (χ1v) is 8.76. The van der Waals surface area contributed by atoms with E-state index < -0.39 is 5.54 Å². The molecule has 0 atom stereocenters. The number of thioether (sulfide) groups is 1. The van der Waals surface area contributed by atoms with E-state index in [1.165, 1.54) is 0 Å². The first-order chi connectivity index (χ1) is 11.6. The second kappa shape index (κ2) is 6.03.